The molecule has 0 aromatic heterocycles. The number of carbonyl (C=O) groups is 1. The van der Waals surface area contributed by atoms with Crippen molar-refractivity contribution in [3.05, 3.63) is 29.3 Å². The summed E-state index contributed by atoms with van der Waals surface area (Å²) in [7, 11) is 1.78. The van der Waals surface area contributed by atoms with Crippen LogP contribution in [0.25, 0.3) is 0 Å². The Kier molecular flexibility index (Phi) is 5.14. The molecule has 5 heteroatoms. The van der Waals surface area contributed by atoms with Crippen LogP contribution >= 0.6 is 11.6 Å². The number of hydrogen-bond acceptors (Lipinski definition) is 3. The first-order valence-electron chi connectivity index (χ1n) is 5.73. The van der Waals surface area contributed by atoms with Gasteiger partial charge in [-0.05, 0) is 33.0 Å². The molecule has 18 heavy (non-hydrogen) atoms. The summed E-state index contributed by atoms with van der Waals surface area (Å²) < 4.78 is 0. The lowest BCUT2D eigenvalue weighted by Gasteiger charge is -2.24. The first-order chi connectivity index (χ1) is 8.28. The first kappa shape index (κ1) is 15.0. The van der Waals surface area contributed by atoms with E-state index in [9.17, 15) is 9.90 Å². The second-order valence-corrected chi connectivity index (χ2v) is 5.42. The average Bonchev–Trinajstić information content (AvgIpc) is 2.18. The molecule has 0 bridgehead atoms. The van der Waals surface area contributed by atoms with Gasteiger partial charge in [0.05, 0.1) is 22.9 Å². The van der Waals surface area contributed by atoms with E-state index in [1.165, 1.54) is 0 Å². The fraction of sp³-hybridized carbons (Fsp3) is 0.462. The number of amides is 1. The van der Waals surface area contributed by atoms with Gasteiger partial charge in [0.2, 0.25) is 5.91 Å². The minimum Gasteiger partial charge on any atom is -0.389 e. The van der Waals surface area contributed by atoms with Gasteiger partial charge in [0.15, 0.2) is 0 Å². The van der Waals surface area contributed by atoms with E-state index in [-0.39, 0.29) is 12.5 Å². The molecule has 0 saturated carbocycles. The summed E-state index contributed by atoms with van der Waals surface area (Å²) in [4.78, 5) is 13.5. The largest absolute Gasteiger partial charge is 0.389 e. The van der Waals surface area contributed by atoms with Crippen LogP contribution < -0.4 is 5.32 Å². The second-order valence-electron chi connectivity index (χ2n) is 5.01. The Morgan fingerprint density at radius 2 is 2.06 bits per heavy atom. The van der Waals surface area contributed by atoms with E-state index in [0.29, 0.717) is 17.3 Å². The standard InChI is InChI=1S/C13H19ClN2O2/c1-13(2,18)9-16(3)8-12(17)15-11-7-5-4-6-10(11)14/h4-7,18H,8-9H2,1-3H3,(H,15,17). The number of hydrogen-bond donors (Lipinski definition) is 2. The minimum absolute atomic E-state index is 0.158. The molecule has 2 N–H and O–H groups in total. The van der Waals surface area contributed by atoms with Crippen LogP contribution in [0.3, 0.4) is 0 Å². The van der Waals surface area contributed by atoms with Gasteiger partial charge in [-0.2, -0.15) is 0 Å². The normalized spacial score (nSPS) is 11.7. The predicted molar refractivity (Wildman–Crippen MR) is 73.9 cm³/mol. The van der Waals surface area contributed by atoms with Crippen molar-refractivity contribution in [2.45, 2.75) is 19.4 Å². The second kappa shape index (κ2) is 6.18. The molecule has 0 unspecified atom stereocenters. The monoisotopic (exact) mass is 270 g/mol. The van der Waals surface area contributed by atoms with Crippen molar-refractivity contribution < 1.29 is 9.90 Å². The predicted octanol–water partition coefficient (Wildman–Crippen LogP) is 1.98. The van der Waals surface area contributed by atoms with E-state index in [2.05, 4.69) is 5.32 Å². The Balaban J connectivity index is 2.50. The van der Waals surface area contributed by atoms with Crippen LogP contribution in [-0.4, -0.2) is 41.7 Å². The summed E-state index contributed by atoms with van der Waals surface area (Å²) in [5.74, 6) is -0.158. The van der Waals surface area contributed by atoms with Gasteiger partial charge in [0, 0.05) is 6.54 Å². The average molecular weight is 271 g/mol. The number of aliphatic hydroxyl groups is 1. The smallest absolute Gasteiger partial charge is 0.238 e. The number of benzene rings is 1. The summed E-state index contributed by atoms with van der Waals surface area (Å²) in [5.41, 5.74) is -0.222. The van der Waals surface area contributed by atoms with Crippen molar-refractivity contribution in [2.24, 2.45) is 0 Å². The zero-order valence-electron chi connectivity index (χ0n) is 10.9. The van der Waals surface area contributed by atoms with Crippen LogP contribution in [-0.2, 0) is 4.79 Å². The molecule has 4 nitrogen and oxygen atoms in total. The Bertz CT molecular complexity index is 416. The highest BCUT2D eigenvalue weighted by Crippen LogP contribution is 2.20. The Morgan fingerprint density at radius 3 is 2.61 bits per heavy atom. The fourth-order valence-electron chi connectivity index (χ4n) is 1.71. The van der Waals surface area contributed by atoms with Crippen molar-refractivity contribution in [2.75, 3.05) is 25.5 Å². The summed E-state index contributed by atoms with van der Waals surface area (Å²) in [6.07, 6.45) is 0. The molecule has 0 saturated heterocycles. The number of nitrogens with one attached hydrogen (secondary N) is 1. The maximum absolute atomic E-state index is 11.8. The van der Waals surface area contributed by atoms with Gasteiger partial charge < -0.3 is 10.4 Å². The zero-order valence-corrected chi connectivity index (χ0v) is 11.7. The van der Waals surface area contributed by atoms with E-state index in [1.807, 2.05) is 6.07 Å². The molecule has 0 spiro atoms. The van der Waals surface area contributed by atoms with E-state index in [1.54, 1.807) is 44.0 Å². The van der Waals surface area contributed by atoms with Crippen LogP contribution in [0.1, 0.15) is 13.8 Å². The highest BCUT2D eigenvalue weighted by Gasteiger charge is 2.17. The number of para-hydroxylation sites is 1. The molecule has 1 aromatic rings. The lowest BCUT2D eigenvalue weighted by molar-refractivity contribution is -0.117. The van der Waals surface area contributed by atoms with Crippen LogP contribution in [0.4, 0.5) is 5.69 Å². The van der Waals surface area contributed by atoms with Crippen molar-refractivity contribution in [3.63, 3.8) is 0 Å². The van der Waals surface area contributed by atoms with E-state index < -0.39 is 5.60 Å². The summed E-state index contributed by atoms with van der Waals surface area (Å²) >= 11 is 5.94. The Labute approximate surface area is 113 Å². The van der Waals surface area contributed by atoms with Gasteiger partial charge in [-0.25, -0.2) is 0 Å². The van der Waals surface area contributed by atoms with E-state index in [4.69, 9.17) is 11.6 Å². The first-order valence-corrected chi connectivity index (χ1v) is 6.11. The van der Waals surface area contributed by atoms with Gasteiger partial charge in [0.25, 0.3) is 0 Å². The molecule has 1 rings (SSSR count). The molecule has 0 atom stereocenters. The zero-order chi connectivity index (χ0) is 13.8. The van der Waals surface area contributed by atoms with E-state index in [0.717, 1.165) is 0 Å². The van der Waals surface area contributed by atoms with Crippen LogP contribution in [0.15, 0.2) is 24.3 Å². The minimum atomic E-state index is -0.820. The van der Waals surface area contributed by atoms with Crippen LogP contribution in [0.5, 0.6) is 0 Å². The molecular formula is C13H19ClN2O2. The molecule has 0 radical (unpaired) electrons. The number of nitrogens with zero attached hydrogens (tertiary/aromatic N) is 1. The molecule has 0 heterocycles. The lowest BCUT2D eigenvalue weighted by Crippen LogP contribution is -2.40. The maximum atomic E-state index is 11.8. The molecule has 0 aliphatic heterocycles. The molecule has 100 valence electrons. The molecule has 0 fully saturated rings. The summed E-state index contributed by atoms with van der Waals surface area (Å²) in [6.45, 7) is 4.03. The third kappa shape index (κ3) is 5.49. The molecular weight excluding hydrogens is 252 g/mol. The number of anilines is 1. The van der Waals surface area contributed by atoms with Crippen LogP contribution in [0, 0.1) is 0 Å². The maximum Gasteiger partial charge on any atom is 0.238 e. The van der Waals surface area contributed by atoms with Gasteiger partial charge in [0.1, 0.15) is 0 Å². The summed E-state index contributed by atoms with van der Waals surface area (Å²) in [5, 5.41) is 12.9. The lowest BCUT2D eigenvalue weighted by atomic mass is 10.1. The highest BCUT2D eigenvalue weighted by atomic mass is 35.5. The SMILES string of the molecule is CN(CC(=O)Nc1ccccc1Cl)CC(C)(C)O. The Morgan fingerprint density at radius 1 is 1.44 bits per heavy atom. The van der Waals surface area contributed by atoms with Gasteiger partial charge >= 0.3 is 0 Å². The molecule has 0 aliphatic carbocycles. The van der Waals surface area contributed by atoms with E-state index >= 15 is 0 Å². The van der Waals surface area contributed by atoms with Crippen molar-refractivity contribution in [1.82, 2.24) is 4.90 Å². The molecule has 1 aromatic carbocycles. The number of halogens is 1. The number of rotatable bonds is 5. The van der Waals surface area contributed by atoms with Crippen molar-refractivity contribution in [1.29, 1.82) is 0 Å². The number of carbonyl (C=O) groups excluding carboxylic acids is 1. The van der Waals surface area contributed by atoms with Crippen molar-refractivity contribution in [3.8, 4) is 0 Å². The molecule has 0 aliphatic rings. The Hall–Kier alpha value is -1.10. The highest BCUT2D eigenvalue weighted by molar-refractivity contribution is 6.33. The van der Waals surface area contributed by atoms with Gasteiger partial charge in [-0.15, -0.1) is 0 Å². The van der Waals surface area contributed by atoms with Gasteiger partial charge in [-0.3, -0.25) is 9.69 Å². The topological polar surface area (TPSA) is 52.6 Å². The summed E-state index contributed by atoms with van der Waals surface area (Å²) in [6, 6.07) is 7.08. The third-order valence-electron chi connectivity index (χ3n) is 2.22. The quantitative estimate of drug-likeness (QED) is 0.860. The van der Waals surface area contributed by atoms with Gasteiger partial charge in [-0.1, -0.05) is 23.7 Å². The fourth-order valence-corrected chi connectivity index (χ4v) is 1.90. The van der Waals surface area contributed by atoms with Crippen molar-refractivity contribution >= 4 is 23.2 Å². The molecule has 1 amide bonds. The van der Waals surface area contributed by atoms with Crippen LogP contribution in [0.2, 0.25) is 5.02 Å². The third-order valence-corrected chi connectivity index (χ3v) is 2.55. The number of likely N-dealkylation sites (N-methyl/N-ethyl adjacent to an activating group) is 1.